The monoisotopic (exact) mass is 455 g/mol. The SMILES string of the molecule is CC(C)[C@H]1CC[C@@H](C)C[C@H]1O[P@@](=O)(c1ccc(N(C)C)cc1)[C@H](O)/C=C/c1ccccc1. The zero-order chi connectivity index (χ0) is 23.3. The standard InChI is InChI=1S/C27H38NO3P/c1-20(2)25-17-11-21(3)19-26(25)31-32(30,24-15-13-23(14-16-24)28(4)5)27(29)18-12-22-9-7-6-8-10-22/h6-10,12-16,18,20-21,25-27,29H,11,17,19H2,1-5H3/b18-12+/t21-,25-,26-,27+,32+/m1/s1. The van der Waals surface area contributed by atoms with E-state index in [0.29, 0.717) is 23.1 Å². The molecule has 3 rings (SSSR count). The molecule has 5 atom stereocenters. The van der Waals surface area contributed by atoms with E-state index in [2.05, 4.69) is 20.8 Å². The van der Waals surface area contributed by atoms with Gasteiger partial charge in [0.1, 0.15) is 0 Å². The Hall–Kier alpha value is -1.87. The Morgan fingerprint density at radius 1 is 1.06 bits per heavy atom. The fraction of sp³-hybridized carbons (Fsp3) is 0.481. The van der Waals surface area contributed by atoms with Crippen LogP contribution < -0.4 is 10.2 Å². The Bertz CT molecular complexity index is 924. The number of benzene rings is 2. The van der Waals surface area contributed by atoms with Gasteiger partial charge in [0, 0.05) is 25.1 Å². The Balaban J connectivity index is 1.96. The molecular weight excluding hydrogens is 417 g/mol. The molecule has 1 aliphatic carbocycles. The zero-order valence-electron chi connectivity index (χ0n) is 20.0. The summed E-state index contributed by atoms with van der Waals surface area (Å²) in [7, 11) is 0.371. The Morgan fingerprint density at radius 3 is 2.31 bits per heavy atom. The Morgan fingerprint density at radius 2 is 1.72 bits per heavy atom. The minimum Gasteiger partial charge on any atom is -0.378 e. The van der Waals surface area contributed by atoms with Gasteiger partial charge in [-0.1, -0.05) is 63.6 Å². The van der Waals surface area contributed by atoms with Gasteiger partial charge in [0.05, 0.1) is 6.10 Å². The second-order valence-electron chi connectivity index (χ2n) is 9.66. The molecule has 0 heterocycles. The van der Waals surface area contributed by atoms with Gasteiger partial charge in [-0.2, -0.15) is 0 Å². The number of rotatable bonds is 8. The van der Waals surface area contributed by atoms with Crippen molar-refractivity contribution in [2.24, 2.45) is 17.8 Å². The lowest BCUT2D eigenvalue weighted by atomic mass is 9.75. The molecule has 0 aliphatic heterocycles. The first-order valence-corrected chi connectivity index (χ1v) is 13.4. The van der Waals surface area contributed by atoms with Gasteiger partial charge in [0.2, 0.25) is 0 Å². The fourth-order valence-electron chi connectivity index (χ4n) is 4.55. The van der Waals surface area contributed by atoms with Gasteiger partial charge in [0.15, 0.2) is 5.85 Å². The lowest BCUT2D eigenvalue weighted by Gasteiger charge is -2.39. The molecule has 2 aromatic rings. The number of aliphatic hydroxyl groups excluding tert-OH is 1. The Kier molecular flexibility index (Phi) is 8.38. The van der Waals surface area contributed by atoms with Crippen molar-refractivity contribution >= 4 is 24.4 Å². The second-order valence-corrected chi connectivity index (χ2v) is 12.1. The summed E-state index contributed by atoms with van der Waals surface area (Å²) in [5.74, 6) is 0.0921. The zero-order valence-corrected chi connectivity index (χ0v) is 20.9. The van der Waals surface area contributed by atoms with Gasteiger partial charge in [-0.05, 0) is 66.5 Å². The highest BCUT2D eigenvalue weighted by molar-refractivity contribution is 7.67. The molecule has 4 nitrogen and oxygen atoms in total. The van der Waals surface area contributed by atoms with Crippen LogP contribution in [0.25, 0.3) is 6.08 Å². The molecule has 0 amide bonds. The van der Waals surface area contributed by atoms with E-state index in [9.17, 15) is 9.67 Å². The lowest BCUT2D eigenvalue weighted by molar-refractivity contribution is 0.0448. The van der Waals surface area contributed by atoms with E-state index < -0.39 is 13.2 Å². The third kappa shape index (κ3) is 5.92. The molecule has 1 fully saturated rings. The molecule has 1 saturated carbocycles. The molecule has 0 bridgehead atoms. The van der Waals surface area contributed by atoms with Crippen LogP contribution in [0.15, 0.2) is 60.7 Å². The summed E-state index contributed by atoms with van der Waals surface area (Å²) in [6, 6.07) is 17.3. The summed E-state index contributed by atoms with van der Waals surface area (Å²) in [6.45, 7) is 6.65. The van der Waals surface area contributed by atoms with Gasteiger partial charge in [0.25, 0.3) is 7.37 Å². The summed E-state index contributed by atoms with van der Waals surface area (Å²) in [5, 5.41) is 11.8. The topological polar surface area (TPSA) is 49.8 Å². The third-order valence-corrected chi connectivity index (χ3v) is 9.06. The summed E-state index contributed by atoms with van der Waals surface area (Å²) in [4.78, 5) is 2.00. The van der Waals surface area contributed by atoms with E-state index in [-0.39, 0.29) is 6.10 Å². The molecule has 32 heavy (non-hydrogen) atoms. The van der Waals surface area contributed by atoms with Crippen molar-refractivity contribution in [3.8, 4) is 0 Å². The Labute approximate surface area is 193 Å². The van der Waals surface area contributed by atoms with Crippen molar-refractivity contribution in [2.75, 3.05) is 19.0 Å². The van der Waals surface area contributed by atoms with E-state index >= 15 is 0 Å². The van der Waals surface area contributed by atoms with Crippen molar-refractivity contribution in [3.63, 3.8) is 0 Å². The van der Waals surface area contributed by atoms with Crippen molar-refractivity contribution in [2.45, 2.75) is 52.0 Å². The largest absolute Gasteiger partial charge is 0.378 e. The van der Waals surface area contributed by atoms with Crippen LogP contribution in [0.4, 0.5) is 5.69 Å². The minimum absolute atomic E-state index is 0.127. The number of hydrogen-bond acceptors (Lipinski definition) is 4. The highest BCUT2D eigenvalue weighted by atomic mass is 31.2. The van der Waals surface area contributed by atoms with Crippen LogP contribution in [-0.2, 0) is 9.09 Å². The summed E-state index contributed by atoms with van der Waals surface area (Å²) in [5.41, 5.74) is 1.97. The lowest BCUT2D eigenvalue weighted by Crippen LogP contribution is -2.35. The number of hydrogen-bond donors (Lipinski definition) is 1. The first kappa shape index (κ1) is 24.8. The number of anilines is 1. The molecule has 1 aliphatic rings. The third-order valence-electron chi connectivity index (χ3n) is 6.59. The molecule has 0 spiro atoms. The molecule has 2 aromatic carbocycles. The van der Waals surface area contributed by atoms with E-state index in [0.717, 1.165) is 24.1 Å². The molecule has 0 radical (unpaired) electrons. The normalized spacial score (nSPS) is 24.4. The first-order chi connectivity index (χ1) is 15.2. The summed E-state index contributed by atoms with van der Waals surface area (Å²) < 4.78 is 20.9. The van der Waals surface area contributed by atoms with Crippen molar-refractivity contribution in [3.05, 3.63) is 66.2 Å². The maximum Gasteiger partial charge on any atom is 0.263 e. The maximum absolute atomic E-state index is 14.4. The number of nitrogens with zero attached hydrogens (tertiary/aromatic N) is 1. The van der Waals surface area contributed by atoms with E-state index in [1.807, 2.05) is 79.7 Å². The van der Waals surface area contributed by atoms with Crippen LogP contribution in [0.3, 0.4) is 0 Å². The fourth-order valence-corrected chi connectivity index (χ4v) is 6.62. The van der Waals surface area contributed by atoms with Crippen molar-refractivity contribution in [1.82, 2.24) is 0 Å². The van der Waals surface area contributed by atoms with Crippen LogP contribution >= 0.6 is 7.37 Å². The molecule has 0 aromatic heterocycles. The minimum atomic E-state index is -3.57. The number of aliphatic hydroxyl groups is 1. The average Bonchev–Trinajstić information content (AvgIpc) is 2.78. The van der Waals surface area contributed by atoms with E-state index in [1.165, 1.54) is 6.42 Å². The van der Waals surface area contributed by atoms with E-state index in [1.54, 1.807) is 6.08 Å². The van der Waals surface area contributed by atoms with Crippen LogP contribution in [0.2, 0.25) is 0 Å². The van der Waals surface area contributed by atoms with Crippen LogP contribution in [0.5, 0.6) is 0 Å². The molecule has 1 N–H and O–H groups in total. The summed E-state index contributed by atoms with van der Waals surface area (Å²) >= 11 is 0. The molecule has 174 valence electrons. The molecule has 5 heteroatoms. The second kappa shape index (κ2) is 10.8. The van der Waals surface area contributed by atoms with Gasteiger partial charge in [-0.3, -0.25) is 4.57 Å². The van der Waals surface area contributed by atoms with E-state index in [4.69, 9.17) is 4.52 Å². The summed E-state index contributed by atoms with van der Waals surface area (Å²) in [6.07, 6.45) is 6.42. The van der Waals surface area contributed by atoms with Crippen LogP contribution in [0, 0.1) is 17.8 Å². The van der Waals surface area contributed by atoms with Gasteiger partial charge in [-0.25, -0.2) is 0 Å². The van der Waals surface area contributed by atoms with Gasteiger partial charge in [-0.15, -0.1) is 0 Å². The van der Waals surface area contributed by atoms with Crippen LogP contribution in [-0.4, -0.2) is 31.2 Å². The molecule has 0 unspecified atom stereocenters. The highest BCUT2D eigenvalue weighted by Crippen LogP contribution is 2.54. The molecule has 0 saturated heterocycles. The average molecular weight is 456 g/mol. The predicted octanol–water partition coefficient (Wildman–Crippen LogP) is 6.17. The smallest absolute Gasteiger partial charge is 0.263 e. The first-order valence-electron chi connectivity index (χ1n) is 11.7. The quantitative estimate of drug-likeness (QED) is 0.484. The van der Waals surface area contributed by atoms with Crippen molar-refractivity contribution < 1.29 is 14.2 Å². The van der Waals surface area contributed by atoms with Gasteiger partial charge >= 0.3 is 0 Å². The van der Waals surface area contributed by atoms with Crippen LogP contribution in [0.1, 0.15) is 45.6 Å². The predicted molar refractivity (Wildman–Crippen MR) is 136 cm³/mol. The van der Waals surface area contributed by atoms with Gasteiger partial charge < -0.3 is 14.5 Å². The molecular formula is C27H38NO3P. The highest BCUT2D eigenvalue weighted by Gasteiger charge is 2.41. The maximum atomic E-state index is 14.4. The van der Waals surface area contributed by atoms with Crippen molar-refractivity contribution in [1.29, 1.82) is 0 Å².